The van der Waals surface area contributed by atoms with Crippen molar-refractivity contribution in [2.24, 2.45) is 11.8 Å². The second-order valence-corrected chi connectivity index (χ2v) is 6.44. The summed E-state index contributed by atoms with van der Waals surface area (Å²) in [5.41, 5.74) is 1.02. The smallest absolute Gasteiger partial charge is 0.311 e. The van der Waals surface area contributed by atoms with Crippen LogP contribution in [0, 0.1) is 11.8 Å². The van der Waals surface area contributed by atoms with E-state index in [0.717, 1.165) is 44.5 Å². The highest BCUT2D eigenvalue weighted by molar-refractivity contribution is 5.72. The number of esters is 2. The molecule has 0 radical (unpaired) electrons. The van der Waals surface area contributed by atoms with E-state index in [-0.39, 0.29) is 23.8 Å². The van der Waals surface area contributed by atoms with Crippen LogP contribution in [0.5, 0.6) is 0 Å². The molecule has 144 valence electrons. The minimum Gasteiger partial charge on any atom is -0.469 e. The van der Waals surface area contributed by atoms with Gasteiger partial charge in [-0.25, -0.2) is 0 Å². The SMILES string of the molecule is COC(=O)C1CCCOC1.O=C(OCc1ccccc1)C1CCCOC1. The van der Waals surface area contributed by atoms with Gasteiger partial charge in [0.2, 0.25) is 0 Å². The normalized spacial score (nSPS) is 22.5. The molecule has 2 unspecified atom stereocenters. The first kappa shape index (κ1) is 20.4. The number of carbonyl (C=O) groups excluding carboxylic acids is 2. The Morgan fingerprint density at radius 2 is 1.54 bits per heavy atom. The van der Waals surface area contributed by atoms with E-state index in [2.05, 4.69) is 4.74 Å². The van der Waals surface area contributed by atoms with Gasteiger partial charge >= 0.3 is 11.9 Å². The molecule has 2 aliphatic heterocycles. The van der Waals surface area contributed by atoms with Crippen LogP contribution in [0.4, 0.5) is 0 Å². The number of carbonyl (C=O) groups is 2. The molecule has 6 heteroatoms. The molecule has 0 N–H and O–H groups in total. The Hall–Kier alpha value is -1.92. The highest BCUT2D eigenvalue weighted by atomic mass is 16.5. The van der Waals surface area contributed by atoms with Crippen LogP contribution in [0.3, 0.4) is 0 Å². The van der Waals surface area contributed by atoms with Gasteiger partial charge in [0.05, 0.1) is 32.2 Å². The standard InChI is InChI=1S/C13H16O3.C7H12O3/c14-13(12-7-4-8-15-10-12)16-9-11-5-2-1-3-6-11;1-9-7(8)6-3-2-4-10-5-6/h1-3,5-6,12H,4,7-10H2;6H,2-5H2,1H3. The summed E-state index contributed by atoms with van der Waals surface area (Å²) in [6.45, 7) is 2.95. The highest BCUT2D eigenvalue weighted by Crippen LogP contribution is 2.16. The van der Waals surface area contributed by atoms with Gasteiger partial charge in [-0.2, -0.15) is 0 Å². The second-order valence-electron chi connectivity index (χ2n) is 6.44. The summed E-state index contributed by atoms with van der Waals surface area (Å²) < 4.78 is 20.2. The van der Waals surface area contributed by atoms with Gasteiger partial charge in [-0.1, -0.05) is 30.3 Å². The Balaban J connectivity index is 0.000000209. The van der Waals surface area contributed by atoms with Gasteiger partial charge in [0.15, 0.2) is 0 Å². The monoisotopic (exact) mass is 364 g/mol. The summed E-state index contributed by atoms with van der Waals surface area (Å²) in [7, 11) is 1.41. The molecule has 3 rings (SSSR count). The van der Waals surface area contributed by atoms with E-state index in [4.69, 9.17) is 14.2 Å². The molecule has 0 aromatic heterocycles. The van der Waals surface area contributed by atoms with Crippen LogP contribution < -0.4 is 0 Å². The first-order valence-electron chi connectivity index (χ1n) is 9.14. The van der Waals surface area contributed by atoms with Crippen LogP contribution in [0.2, 0.25) is 0 Å². The van der Waals surface area contributed by atoms with Gasteiger partial charge in [0.25, 0.3) is 0 Å². The Morgan fingerprint density at radius 1 is 0.962 bits per heavy atom. The third-order valence-corrected chi connectivity index (χ3v) is 4.41. The molecular weight excluding hydrogens is 336 g/mol. The summed E-state index contributed by atoms with van der Waals surface area (Å²) in [4.78, 5) is 22.5. The Bertz CT molecular complexity index is 532. The number of rotatable bonds is 4. The fourth-order valence-electron chi connectivity index (χ4n) is 2.87. The molecule has 0 saturated carbocycles. The Kier molecular flexibility index (Phi) is 9.14. The van der Waals surface area contributed by atoms with Gasteiger partial charge in [0.1, 0.15) is 6.61 Å². The van der Waals surface area contributed by atoms with E-state index in [1.165, 1.54) is 7.11 Å². The molecule has 6 nitrogen and oxygen atoms in total. The predicted octanol–water partition coefficient (Wildman–Crippen LogP) is 2.74. The molecule has 2 atom stereocenters. The zero-order chi connectivity index (χ0) is 18.6. The maximum Gasteiger partial charge on any atom is 0.311 e. The molecule has 2 saturated heterocycles. The molecule has 0 spiro atoms. The van der Waals surface area contributed by atoms with Gasteiger partial charge in [-0.3, -0.25) is 9.59 Å². The van der Waals surface area contributed by atoms with Crippen molar-refractivity contribution in [2.45, 2.75) is 32.3 Å². The van der Waals surface area contributed by atoms with Crippen LogP contribution in [-0.2, 0) is 35.1 Å². The molecule has 2 heterocycles. The fraction of sp³-hybridized carbons (Fsp3) is 0.600. The lowest BCUT2D eigenvalue weighted by Gasteiger charge is -2.20. The minimum atomic E-state index is -0.139. The lowest BCUT2D eigenvalue weighted by molar-refractivity contribution is -0.154. The van der Waals surface area contributed by atoms with E-state index in [9.17, 15) is 9.59 Å². The average molecular weight is 364 g/mol. The second kappa shape index (κ2) is 11.6. The van der Waals surface area contributed by atoms with Gasteiger partial charge in [-0.05, 0) is 31.2 Å². The van der Waals surface area contributed by atoms with Crippen molar-refractivity contribution in [3.63, 3.8) is 0 Å². The maximum absolute atomic E-state index is 11.7. The van der Waals surface area contributed by atoms with Crippen LogP contribution in [0.15, 0.2) is 30.3 Å². The van der Waals surface area contributed by atoms with Gasteiger partial charge in [-0.15, -0.1) is 0 Å². The van der Waals surface area contributed by atoms with Crippen molar-refractivity contribution >= 4 is 11.9 Å². The highest BCUT2D eigenvalue weighted by Gasteiger charge is 2.23. The maximum atomic E-state index is 11.7. The van der Waals surface area contributed by atoms with Crippen molar-refractivity contribution in [1.82, 2.24) is 0 Å². The third-order valence-electron chi connectivity index (χ3n) is 4.41. The molecule has 26 heavy (non-hydrogen) atoms. The molecular formula is C20H28O6. The van der Waals surface area contributed by atoms with E-state index < -0.39 is 0 Å². The summed E-state index contributed by atoms with van der Waals surface area (Å²) in [5, 5.41) is 0. The minimum absolute atomic E-state index is 0.0150. The molecule has 2 aliphatic rings. The largest absolute Gasteiger partial charge is 0.469 e. The van der Waals surface area contributed by atoms with E-state index in [1.54, 1.807) is 0 Å². The molecule has 1 aromatic rings. The Labute approximate surface area is 154 Å². The van der Waals surface area contributed by atoms with Crippen LogP contribution in [0.25, 0.3) is 0 Å². The summed E-state index contributed by atoms with van der Waals surface area (Å²) in [6.07, 6.45) is 3.71. The zero-order valence-corrected chi connectivity index (χ0v) is 15.4. The zero-order valence-electron chi connectivity index (χ0n) is 15.4. The molecule has 0 amide bonds. The summed E-state index contributed by atoms with van der Waals surface area (Å²) in [6, 6.07) is 9.72. The number of ether oxygens (including phenoxy) is 4. The molecule has 1 aromatic carbocycles. The van der Waals surface area contributed by atoms with E-state index >= 15 is 0 Å². The fourth-order valence-corrected chi connectivity index (χ4v) is 2.87. The van der Waals surface area contributed by atoms with Gasteiger partial charge in [0, 0.05) is 13.2 Å². The summed E-state index contributed by atoms with van der Waals surface area (Å²) >= 11 is 0. The van der Waals surface area contributed by atoms with Crippen LogP contribution in [0.1, 0.15) is 31.2 Å². The van der Waals surface area contributed by atoms with Crippen LogP contribution in [-0.4, -0.2) is 45.5 Å². The number of hydrogen-bond acceptors (Lipinski definition) is 6. The molecule has 0 aliphatic carbocycles. The van der Waals surface area contributed by atoms with Crippen molar-refractivity contribution in [3.05, 3.63) is 35.9 Å². The van der Waals surface area contributed by atoms with Crippen molar-refractivity contribution < 1.29 is 28.5 Å². The van der Waals surface area contributed by atoms with E-state index in [0.29, 0.717) is 19.8 Å². The van der Waals surface area contributed by atoms with Crippen LogP contribution >= 0.6 is 0 Å². The number of methoxy groups -OCH3 is 1. The lowest BCUT2D eigenvalue weighted by atomic mass is 10.0. The van der Waals surface area contributed by atoms with Crippen molar-refractivity contribution in [1.29, 1.82) is 0 Å². The molecule has 0 bridgehead atoms. The lowest BCUT2D eigenvalue weighted by Crippen LogP contribution is -2.26. The first-order valence-corrected chi connectivity index (χ1v) is 9.14. The van der Waals surface area contributed by atoms with Gasteiger partial charge < -0.3 is 18.9 Å². The van der Waals surface area contributed by atoms with Crippen molar-refractivity contribution in [3.8, 4) is 0 Å². The van der Waals surface area contributed by atoms with Crippen molar-refractivity contribution in [2.75, 3.05) is 33.5 Å². The molecule has 2 fully saturated rings. The predicted molar refractivity (Wildman–Crippen MR) is 95.3 cm³/mol. The quantitative estimate of drug-likeness (QED) is 0.765. The average Bonchev–Trinajstić information content (AvgIpc) is 2.74. The third kappa shape index (κ3) is 7.14. The van der Waals surface area contributed by atoms with E-state index in [1.807, 2.05) is 30.3 Å². The number of hydrogen-bond donors (Lipinski definition) is 0. The Morgan fingerprint density at radius 3 is 2.04 bits per heavy atom. The summed E-state index contributed by atoms with van der Waals surface area (Å²) in [5.74, 6) is -0.362. The first-order chi connectivity index (χ1) is 12.7. The topological polar surface area (TPSA) is 71.1 Å². The number of benzene rings is 1.